The molecular weight excluding hydrogens is 322 g/mol. The summed E-state index contributed by atoms with van der Waals surface area (Å²) in [6.45, 7) is 10.2. The molecule has 0 aromatic carbocycles. The molecule has 3 saturated carbocycles. The maximum Gasteiger partial charge on any atom is 0.330 e. The molecular formula is C19H31NO5. The maximum atomic E-state index is 12.3. The molecule has 0 aromatic rings. The molecule has 0 aliphatic heterocycles. The van der Waals surface area contributed by atoms with Crippen molar-refractivity contribution >= 4 is 17.7 Å². The van der Waals surface area contributed by atoms with E-state index >= 15 is 0 Å². The first-order valence-electron chi connectivity index (χ1n) is 9.26. The van der Waals surface area contributed by atoms with Crippen LogP contribution in [0.15, 0.2) is 4.99 Å². The molecule has 0 unspecified atom stereocenters. The second-order valence-corrected chi connectivity index (χ2v) is 7.85. The lowest BCUT2D eigenvalue weighted by Gasteiger charge is -2.62. The van der Waals surface area contributed by atoms with Crippen LogP contribution in [0, 0.1) is 17.3 Å². The Morgan fingerprint density at radius 1 is 1.24 bits per heavy atom. The number of ether oxygens (including phenoxy) is 2. The molecule has 0 amide bonds. The number of hydrogen-bond donors (Lipinski definition) is 1. The Bertz CT molecular complexity index is 552. The summed E-state index contributed by atoms with van der Waals surface area (Å²) >= 11 is 0. The van der Waals surface area contributed by atoms with E-state index < -0.39 is 17.6 Å². The number of aliphatic hydroxyl groups is 1. The summed E-state index contributed by atoms with van der Waals surface area (Å²) in [5.74, 6) is -0.181. The zero-order chi connectivity index (χ0) is 18.8. The number of nitrogens with zero attached hydrogens (tertiary/aromatic N) is 1. The van der Waals surface area contributed by atoms with Gasteiger partial charge in [0.15, 0.2) is 0 Å². The summed E-state index contributed by atoms with van der Waals surface area (Å²) in [6.07, 6.45) is 2.02. The summed E-state index contributed by atoms with van der Waals surface area (Å²) < 4.78 is 10.0. The van der Waals surface area contributed by atoms with Gasteiger partial charge in [-0.1, -0.05) is 13.8 Å². The third-order valence-electron chi connectivity index (χ3n) is 5.97. The van der Waals surface area contributed by atoms with E-state index in [1.807, 2.05) is 0 Å². The van der Waals surface area contributed by atoms with Crippen LogP contribution in [0.1, 0.15) is 60.3 Å². The van der Waals surface area contributed by atoms with Crippen molar-refractivity contribution in [2.24, 2.45) is 22.2 Å². The van der Waals surface area contributed by atoms with Crippen molar-refractivity contribution in [2.75, 3.05) is 13.2 Å². The minimum absolute atomic E-state index is 0.0902. The number of aliphatic imine (C=N–C) groups is 1. The molecule has 4 atom stereocenters. The van der Waals surface area contributed by atoms with E-state index in [0.29, 0.717) is 24.7 Å². The molecule has 25 heavy (non-hydrogen) atoms. The minimum Gasteiger partial charge on any atom is -0.466 e. The van der Waals surface area contributed by atoms with Crippen molar-refractivity contribution in [3.8, 4) is 0 Å². The van der Waals surface area contributed by atoms with Gasteiger partial charge >= 0.3 is 11.9 Å². The van der Waals surface area contributed by atoms with Crippen LogP contribution in [0.5, 0.6) is 0 Å². The maximum absolute atomic E-state index is 12.3. The highest BCUT2D eigenvalue weighted by atomic mass is 16.5. The number of rotatable bonds is 7. The largest absolute Gasteiger partial charge is 0.466 e. The third-order valence-corrected chi connectivity index (χ3v) is 5.97. The molecule has 0 heterocycles. The van der Waals surface area contributed by atoms with Gasteiger partial charge < -0.3 is 14.6 Å². The molecule has 3 aliphatic rings. The summed E-state index contributed by atoms with van der Waals surface area (Å²) in [6, 6.07) is -0.772. The number of hydrogen-bond acceptors (Lipinski definition) is 6. The summed E-state index contributed by atoms with van der Waals surface area (Å²) in [7, 11) is 0. The molecule has 3 fully saturated rings. The quantitative estimate of drug-likeness (QED) is 0.711. The molecule has 3 aliphatic carbocycles. The smallest absolute Gasteiger partial charge is 0.330 e. The van der Waals surface area contributed by atoms with Crippen LogP contribution in [-0.2, 0) is 19.1 Å². The molecule has 6 nitrogen and oxygen atoms in total. The van der Waals surface area contributed by atoms with Crippen LogP contribution < -0.4 is 0 Å². The van der Waals surface area contributed by atoms with Gasteiger partial charge in [-0.3, -0.25) is 9.79 Å². The van der Waals surface area contributed by atoms with Gasteiger partial charge in [0.05, 0.1) is 13.2 Å². The normalized spacial score (nSPS) is 32.6. The first-order chi connectivity index (χ1) is 11.6. The molecule has 142 valence electrons. The van der Waals surface area contributed by atoms with Gasteiger partial charge in [0, 0.05) is 12.1 Å². The molecule has 0 saturated heterocycles. The summed E-state index contributed by atoms with van der Waals surface area (Å²) in [4.78, 5) is 28.4. The lowest BCUT2D eigenvalue weighted by Crippen LogP contribution is -2.65. The van der Waals surface area contributed by atoms with Crippen molar-refractivity contribution in [3.05, 3.63) is 0 Å². The fraction of sp³-hybridized carbons (Fsp3) is 0.842. The zero-order valence-electron chi connectivity index (χ0n) is 16.0. The van der Waals surface area contributed by atoms with Crippen LogP contribution in [0.2, 0.25) is 0 Å². The van der Waals surface area contributed by atoms with E-state index in [0.717, 1.165) is 6.42 Å². The number of fused-ring (bicyclic) bond motifs is 2. The lowest BCUT2D eigenvalue weighted by atomic mass is 9.44. The topological polar surface area (TPSA) is 85.2 Å². The minimum atomic E-state index is -1.02. The molecule has 2 bridgehead atoms. The Hall–Kier alpha value is -1.43. The number of carbonyl (C=O) groups excluding carboxylic acids is 2. The van der Waals surface area contributed by atoms with Gasteiger partial charge in [0.25, 0.3) is 0 Å². The molecule has 6 heteroatoms. The van der Waals surface area contributed by atoms with Gasteiger partial charge in [-0.05, 0) is 57.3 Å². The second kappa shape index (κ2) is 7.44. The predicted molar refractivity (Wildman–Crippen MR) is 94.3 cm³/mol. The van der Waals surface area contributed by atoms with Gasteiger partial charge in [-0.15, -0.1) is 0 Å². The summed E-state index contributed by atoms with van der Waals surface area (Å²) in [5, 5.41) is 11.0. The van der Waals surface area contributed by atoms with Crippen LogP contribution in [0.3, 0.4) is 0 Å². The second-order valence-electron chi connectivity index (χ2n) is 7.85. The molecule has 3 rings (SSSR count). The van der Waals surface area contributed by atoms with Gasteiger partial charge in [0.2, 0.25) is 0 Å². The van der Waals surface area contributed by atoms with Crippen molar-refractivity contribution < 1.29 is 24.2 Å². The van der Waals surface area contributed by atoms with Crippen molar-refractivity contribution in [1.29, 1.82) is 0 Å². The lowest BCUT2D eigenvalue weighted by molar-refractivity contribution is -0.146. The van der Waals surface area contributed by atoms with Gasteiger partial charge in [-0.2, -0.15) is 0 Å². The van der Waals surface area contributed by atoms with Crippen LogP contribution in [0.25, 0.3) is 0 Å². The van der Waals surface area contributed by atoms with Gasteiger partial charge in [-0.25, -0.2) is 4.79 Å². The highest BCUT2D eigenvalue weighted by molar-refractivity contribution is 5.96. The van der Waals surface area contributed by atoms with Crippen LogP contribution in [0.4, 0.5) is 0 Å². The Kier molecular flexibility index (Phi) is 5.92. The summed E-state index contributed by atoms with van der Waals surface area (Å²) in [5.41, 5.74) is -0.269. The Morgan fingerprint density at radius 3 is 2.40 bits per heavy atom. The van der Waals surface area contributed by atoms with E-state index in [9.17, 15) is 14.7 Å². The Morgan fingerprint density at radius 2 is 1.88 bits per heavy atom. The SMILES string of the molecule is CCOC(=O)CC[C@H](N=C1C[C@H]2C[C@H](C2(C)C)[C@@]1(C)O)C(=O)OCC. The number of esters is 2. The predicted octanol–water partition coefficient (Wildman–Crippen LogP) is 2.52. The Balaban J connectivity index is 2.16. The van der Waals surface area contributed by atoms with E-state index in [2.05, 4.69) is 18.8 Å². The van der Waals surface area contributed by atoms with E-state index in [1.165, 1.54) is 0 Å². The fourth-order valence-electron chi connectivity index (χ4n) is 4.29. The fourth-order valence-corrected chi connectivity index (χ4v) is 4.29. The van der Waals surface area contributed by atoms with Crippen LogP contribution in [-0.4, -0.2) is 47.6 Å². The number of carbonyl (C=O) groups is 2. The first kappa shape index (κ1) is 19.9. The van der Waals surface area contributed by atoms with Crippen molar-refractivity contribution in [2.45, 2.75) is 71.9 Å². The average Bonchev–Trinajstić information content (AvgIpc) is 2.52. The molecule has 0 spiro atoms. The average molecular weight is 353 g/mol. The monoisotopic (exact) mass is 353 g/mol. The van der Waals surface area contributed by atoms with Gasteiger partial charge in [0.1, 0.15) is 11.6 Å². The first-order valence-corrected chi connectivity index (χ1v) is 9.26. The highest BCUT2D eigenvalue weighted by Crippen LogP contribution is 2.61. The molecule has 0 aromatic heterocycles. The standard InChI is InChI=1S/C19H31NO5/c1-6-24-16(21)9-8-13(17(22)25-7-2)20-15-11-12-10-14(18(12,3)4)19(15,5)23/h12-14,23H,6-11H2,1-5H3/t12-,13+,14-,19-/m1/s1. The van der Waals surface area contributed by atoms with Crippen molar-refractivity contribution in [3.63, 3.8) is 0 Å². The van der Waals surface area contributed by atoms with E-state index in [-0.39, 0.29) is 36.8 Å². The van der Waals surface area contributed by atoms with E-state index in [4.69, 9.17) is 9.47 Å². The zero-order valence-corrected chi connectivity index (χ0v) is 16.0. The third kappa shape index (κ3) is 3.89. The molecule has 0 radical (unpaired) electrons. The van der Waals surface area contributed by atoms with E-state index in [1.54, 1.807) is 20.8 Å². The molecule has 1 N–H and O–H groups in total. The highest BCUT2D eigenvalue weighted by Gasteiger charge is 2.61. The van der Waals surface area contributed by atoms with Crippen molar-refractivity contribution in [1.82, 2.24) is 0 Å². The Labute approximate surface area is 150 Å². The van der Waals surface area contributed by atoms with Crippen LogP contribution >= 0.6 is 0 Å².